The van der Waals surface area contributed by atoms with Crippen LogP contribution in [0.25, 0.3) is 11.5 Å². The highest BCUT2D eigenvalue weighted by Gasteiger charge is 2.29. The van der Waals surface area contributed by atoms with Crippen LogP contribution in [-0.4, -0.2) is 61.4 Å². The van der Waals surface area contributed by atoms with Crippen molar-refractivity contribution in [3.05, 3.63) is 18.2 Å². The Hall–Kier alpha value is -2.66. The summed E-state index contributed by atoms with van der Waals surface area (Å²) in [7, 11) is -3.23. The summed E-state index contributed by atoms with van der Waals surface area (Å²) in [6.07, 6.45) is 2.06. The van der Waals surface area contributed by atoms with E-state index in [0.717, 1.165) is 0 Å². The highest BCUT2D eigenvalue weighted by Crippen LogP contribution is 2.34. The monoisotopic (exact) mass is 408 g/mol. The first-order valence-electron chi connectivity index (χ1n) is 8.90. The van der Waals surface area contributed by atoms with Crippen molar-refractivity contribution in [3.8, 4) is 23.0 Å². The number of nitrogens with one attached hydrogen (secondary N) is 1. The van der Waals surface area contributed by atoms with Crippen molar-refractivity contribution in [2.24, 2.45) is 5.92 Å². The summed E-state index contributed by atoms with van der Waals surface area (Å²) in [4.78, 5) is 12.4. The summed E-state index contributed by atoms with van der Waals surface area (Å²) in [5.74, 6) is 0.945. The SMILES string of the molecule is CS(=O)(=O)N1CCC(C(=O)Nc2nnc(-c3ccc4c(c3)OCCO4)o2)CC1. The zero-order valence-electron chi connectivity index (χ0n) is 15.3. The molecular weight excluding hydrogens is 388 g/mol. The molecule has 2 aromatic rings. The van der Waals surface area contributed by atoms with Gasteiger partial charge in [0.15, 0.2) is 11.5 Å². The van der Waals surface area contributed by atoms with Gasteiger partial charge in [-0.2, -0.15) is 0 Å². The van der Waals surface area contributed by atoms with Crippen LogP contribution in [0.15, 0.2) is 22.6 Å². The number of ether oxygens (including phenoxy) is 2. The lowest BCUT2D eigenvalue weighted by Gasteiger charge is -2.29. The Morgan fingerprint density at radius 2 is 1.86 bits per heavy atom. The number of benzene rings is 1. The van der Waals surface area contributed by atoms with Gasteiger partial charge in [0.05, 0.1) is 6.26 Å². The molecule has 11 heteroatoms. The molecule has 1 N–H and O–H groups in total. The lowest BCUT2D eigenvalue weighted by atomic mass is 9.97. The van der Waals surface area contributed by atoms with Gasteiger partial charge in [-0.15, -0.1) is 5.10 Å². The number of hydrogen-bond donors (Lipinski definition) is 1. The average Bonchev–Trinajstić information content (AvgIpc) is 3.15. The standard InChI is InChI=1S/C17H20N4O6S/c1-28(23,24)21-6-4-11(5-7-21)15(22)18-17-20-19-16(27-17)12-2-3-13-14(10-12)26-9-8-25-13/h2-3,10-11H,4-9H2,1H3,(H,18,20,22). The van der Waals surface area contributed by atoms with Gasteiger partial charge < -0.3 is 13.9 Å². The molecule has 1 aromatic heterocycles. The fourth-order valence-electron chi connectivity index (χ4n) is 3.22. The van der Waals surface area contributed by atoms with E-state index >= 15 is 0 Å². The average molecular weight is 408 g/mol. The molecule has 150 valence electrons. The highest BCUT2D eigenvalue weighted by atomic mass is 32.2. The minimum absolute atomic E-state index is 0.000400. The van der Waals surface area contributed by atoms with E-state index in [9.17, 15) is 13.2 Å². The largest absolute Gasteiger partial charge is 0.486 e. The van der Waals surface area contributed by atoms with E-state index in [4.69, 9.17) is 13.9 Å². The molecule has 4 rings (SSSR count). The Balaban J connectivity index is 1.39. The van der Waals surface area contributed by atoms with E-state index in [1.54, 1.807) is 18.2 Å². The fourth-order valence-corrected chi connectivity index (χ4v) is 4.10. The second-order valence-corrected chi connectivity index (χ2v) is 8.68. The number of anilines is 1. The molecule has 28 heavy (non-hydrogen) atoms. The lowest BCUT2D eigenvalue weighted by molar-refractivity contribution is -0.121. The van der Waals surface area contributed by atoms with Gasteiger partial charge in [-0.3, -0.25) is 10.1 Å². The topological polar surface area (TPSA) is 124 Å². The number of fused-ring (bicyclic) bond motifs is 1. The van der Waals surface area contributed by atoms with Crippen molar-refractivity contribution in [2.75, 3.05) is 37.9 Å². The van der Waals surface area contributed by atoms with Crippen LogP contribution in [0.3, 0.4) is 0 Å². The van der Waals surface area contributed by atoms with Crippen molar-refractivity contribution >= 4 is 21.9 Å². The van der Waals surface area contributed by atoms with Gasteiger partial charge in [0.2, 0.25) is 21.8 Å². The first kappa shape index (κ1) is 18.7. The number of sulfonamides is 1. The third kappa shape index (κ3) is 3.94. The number of nitrogens with zero attached hydrogens (tertiary/aromatic N) is 3. The molecule has 0 aliphatic carbocycles. The Morgan fingerprint density at radius 1 is 1.14 bits per heavy atom. The van der Waals surface area contributed by atoms with Gasteiger partial charge in [0.1, 0.15) is 13.2 Å². The van der Waals surface area contributed by atoms with Crippen LogP contribution in [-0.2, 0) is 14.8 Å². The number of carbonyl (C=O) groups excluding carboxylic acids is 1. The van der Waals surface area contributed by atoms with Gasteiger partial charge in [0.25, 0.3) is 0 Å². The maximum absolute atomic E-state index is 12.4. The Kier molecular flexibility index (Phi) is 4.94. The molecule has 0 radical (unpaired) electrons. The van der Waals surface area contributed by atoms with Gasteiger partial charge in [-0.1, -0.05) is 5.10 Å². The number of amides is 1. The molecule has 1 aromatic carbocycles. The predicted molar refractivity (Wildman–Crippen MR) is 98.5 cm³/mol. The van der Waals surface area contributed by atoms with E-state index in [1.807, 2.05) is 0 Å². The normalized spacial score (nSPS) is 18.0. The second-order valence-electron chi connectivity index (χ2n) is 6.70. The summed E-state index contributed by atoms with van der Waals surface area (Å²) in [6, 6.07) is 5.28. The number of piperidine rings is 1. The number of carbonyl (C=O) groups is 1. The summed E-state index contributed by atoms with van der Waals surface area (Å²) < 4.78 is 41.0. The molecule has 0 spiro atoms. The molecule has 1 amide bonds. The lowest BCUT2D eigenvalue weighted by Crippen LogP contribution is -2.40. The maximum atomic E-state index is 12.4. The number of rotatable bonds is 4. The Bertz CT molecular complexity index is 981. The van der Waals surface area contributed by atoms with E-state index < -0.39 is 10.0 Å². The van der Waals surface area contributed by atoms with Crippen molar-refractivity contribution in [3.63, 3.8) is 0 Å². The van der Waals surface area contributed by atoms with E-state index in [1.165, 1.54) is 10.6 Å². The molecule has 1 fully saturated rings. The van der Waals surface area contributed by atoms with Crippen LogP contribution in [0.2, 0.25) is 0 Å². The summed E-state index contributed by atoms with van der Waals surface area (Å²) in [6.45, 7) is 1.62. The van der Waals surface area contributed by atoms with E-state index in [2.05, 4.69) is 15.5 Å². The predicted octanol–water partition coefficient (Wildman–Crippen LogP) is 1.12. The second kappa shape index (κ2) is 7.40. The molecule has 2 aliphatic rings. The molecule has 2 aliphatic heterocycles. The summed E-state index contributed by atoms with van der Waals surface area (Å²) in [5.41, 5.74) is 0.652. The molecule has 0 bridgehead atoms. The Morgan fingerprint density at radius 3 is 2.57 bits per heavy atom. The Labute approximate surface area is 161 Å². The van der Waals surface area contributed by atoms with Crippen LogP contribution in [0.1, 0.15) is 12.8 Å². The van der Waals surface area contributed by atoms with Crippen LogP contribution in [0.4, 0.5) is 6.01 Å². The van der Waals surface area contributed by atoms with Gasteiger partial charge in [-0.05, 0) is 31.0 Å². The molecule has 3 heterocycles. The number of aromatic nitrogens is 2. The zero-order valence-corrected chi connectivity index (χ0v) is 16.1. The first-order valence-corrected chi connectivity index (χ1v) is 10.7. The summed E-state index contributed by atoms with van der Waals surface area (Å²) in [5, 5.41) is 10.4. The zero-order chi connectivity index (χ0) is 19.7. The molecule has 1 saturated heterocycles. The first-order chi connectivity index (χ1) is 13.4. The van der Waals surface area contributed by atoms with Crippen molar-refractivity contribution < 1.29 is 27.1 Å². The molecule has 0 unspecified atom stereocenters. The van der Waals surface area contributed by atoms with Crippen molar-refractivity contribution in [2.45, 2.75) is 12.8 Å². The molecule has 0 atom stereocenters. The van der Waals surface area contributed by atoms with Crippen LogP contribution in [0, 0.1) is 5.92 Å². The summed E-state index contributed by atoms with van der Waals surface area (Å²) >= 11 is 0. The minimum Gasteiger partial charge on any atom is -0.486 e. The maximum Gasteiger partial charge on any atom is 0.322 e. The third-order valence-corrected chi connectivity index (χ3v) is 6.04. The van der Waals surface area contributed by atoms with Crippen LogP contribution in [0.5, 0.6) is 11.5 Å². The minimum atomic E-state index is -3.23. The molecule has 0 saturated carbocycles. The smallest absolute Gasteiger partial charge is 0.322 e. The van der Waals surface area contributed by atoms with E-state index in [-0.39, 0.29) is 23.7 Å². The van der Waals surface area contributed by atoms with Crippen LogP contribution < -0.4 is 14.8 Å². The van der Waals surface area contributed by atoms with Gasteiger partial charge >= 0.3 is 6.01 Å². The van der Waals surface area contributed by atoms with Crippen LogP contribution >= 0.6 is 0 Å². The number of hydrogen-bond acceptors (Lipinski definition) is 8. The highest BCUT2D eigenvalue weighted by molar-refractivity contribution is 7.88. The van der Waals surface area contributed by atoms with Gasteiger partial charge in [0, 0.05) is 24.6 Å². The van der Waals surface area contributed by atoms with Crippen molar-refractivity contribution in [1.82, 2.24) is 14.5 Å². The third-order valence-electron chi connectivity index (χ3n) is 4.74. The quantitative estimate of drug-likeness (QED) is 0.798. The van der Waals surface area contributed by atoms with E-state index in [0.29, 0.717) is 56.2 Å². The van der Waals surface area contributed by atoms with Crippen molar-refractivity contribution in [1.29, 1.82) is 0 Å². The fraction of sp³-hybridized carbons (Fsp3) is 0.471. The molecule has 10 nitrogen and oxygen atoms in total. The van der Waals surface area contributed by atoms with Gasteiger partial charge in [-0.25, -0.2) is 12.7 Å². The molecular formula is C17H20N4O6S.